The molecule has 4 nitrogen and oxygen atoms in total. The van der Waals surface area contributed by atoms with Crippen LogP contribution in [-0.2, 0) is 4.57 Å². The van der Waals surface area contributed by atoms with Gasteiger partial charge in [-0.15, -0.1) is 0 Å². The van der Waals surface area contributed by atoms with Crippen molar-refractivity contribution in [2.24, 2.45) is 0 Å². The molecule has 0 spiro atoms. The topological polar surface area (TPSA) is 86.2 Å². The first kappa shape index (κ1) is 15.9. The summed E-state index contributed by atoms with van der Waals surface area (Å²) in [6, 6.07) is 0. The minimum atomic E-state index is -5.39. The van der Waals surface area contributed by atoms with E-state index in [1.807, 2.05) is 0 Å². The summed E-state index contributed by atoms with van der Waals surface area (Å²) in [5.74, 6) is 0. The second-order valence-electron chi connectivity index (χ2n) is 0.447. The molecular formula is LiO4PPb. The van der Waals surface area contributed by atoms with E-state index < -0.39 is 7.82 Å². The molecule has 2 radical (unpaired) electrons. The second-order valence-corrected chi connectivity index (χ2v) is 1.34. The SMILES string of the molecule is O=P([O-])([O-])[O-].[Li+].[Pb+2]. The third-order valence-electron chi connectivity index (χ3n) is 0. The molecule has 0 aromatic carbocycles. The van der Waals surface area contributed by atoms with Crippen molar-refractivity contribution >= 4 is 35.1 Å². The largest absolute Gasteiger partial charge is 2.00 e. The van der Waals surface area contributed by atoms with Crippen LogP contribution in [0.1, 0.15) is 0 Å². The zero-order chi connectivity index (χ0) is 4.50. The molecule has 0 unspecified atom stereocenters. The van der Waals surface area contributed by atoms with Crippen molar-refractivity contribution in [2.45, 2.75) is 0 Å². The number of hydrogen-bond donors (Lipinski definition) is 0. The van der Waals surface area contributed by atoms with E-state index >= 15 is 0 Å². The van der Waals surface area contributed by atoms with Gasteiger partial charge in [-0.05, 0) is 0 Å². The van der Waals surface area contributed by atoms with Crippen molar-refractivity contribution < 1.29 is 38.1 Å². The molecule has 7 heteroatoms. The van der Waals surface area contributed by atoms with E-state index in [1.54, 1.807) is 0 Å². The van der Waals surface area contributed by atoms with Gasteiger partial charge in [0.15, 0.2) is 0 Å². The summed E-state index contributed by atoms with van der Waals surface area (Å²) in [5.41, 5.74) is 0. The Morgan fingerprint density at radius 3 is 1.14 bits per heavy atom. The van der Waals surface area contributed by atoms with Crippen LogP contribution in [0, 0.1) is 0 Å². The van der Waals surface area contributed by atoms with Gasteiger partial charge >= 0.3 is 46.2 Å². The van der Waals surface area contributed by atoms with Crippen molar-refractivity contribution in [3.05, 3.63) is 0 Å². The Hall–Kier alpha value is 1.63. The number of hydrogen-bond acceptors (Lipinski definition) is 4. The van der Waals surface area contributed by atoms with E-state index in [1.165, 1.54) is 0 Å². The zero-order valence-electron chi connectivity index (χ0n) is 3.58. The first-order valence-electron chi connectivity index (χ1n) is 0.730. The second kappa shape index (κ2) is 5.76. The molecule has 0 fully saturated rings. The number of phosphoric acid groups is 1. The van der Waals surface area contributed by atoms with E-state index in [0.717, 1.165) is 0 Å². The predicted octanol–water partition coefficient (Wildman–Crippen LogP) is -6.20. The fraction of sp³-hybridized carbons (Fsp3) is 0. The third kappa shape index (κ3) is 91.1. The van der Waals surface area contributed by atoms with Crippen molar-refractivity contribution in [1.82, 2.24) is 0 Å². The standard InChI is InChI=1S/Li.H3O4P.Pb/c;1-5(2,3)4;/h;(H3,1,2,3,4);/q+1;;+2/p-3. The van der Waals surface area contributed by atoms with Crippen LogP contribution in [0.5, 0.6) is 0 Å². The summed E-state index contributed by atoms with van der Waals surface area (Å²) in [7, 11) is -5.39. The van der Waals surface area contributed by atoms with Gasteiger partial charge in [-0.1, -0.05) is 0 Å². The molecule has 0 aromatic rings. The minimum Gasteiger partial charge on any atom is -0.822 e. The molecule has 7 heavy (non-hydrogen) atoms. The smallest absolute Gasteiger partial charge is 0.822 e. The summed E-state index contributed by atoms with van der Waals surface area (Å²) in [4.78, 5) is 25.6. The summed E-state index contributed by atoms with van der Waals surface area (Å²) in [6.45, 7) is 0. The van der Waals surface area contributed by atoms with Crippen LogP contribution in [0.2, 0.25) is 0 Å². The molecule has 0 bridgehead atoms. The summed E-state index contributed by atoms with van der Waals surface area (Å²) in [6.07, 6.45) is 0. The fourth-order valence-electron chi connectivity index (χ4n) is 0. The minimum absolute atomic E-state index is 0. The molecule has 0 rings (SSSR count). The van der Waals surface area contributed by atoms with Gasteiger partial charge in [-0.2, -0.15) is 7.82 Å². The van der Waals surface area contributed by atoms with Crippen LogP contribution in [0.3, 0.4) is 0 Å². The van der Waals surface area contributed by atoms with Gasteiger partial charge in [0.25, 0.3) is 0 Å². The van der Waals surface area contributed by atoms with Crippen LogP contribution < -0.4 is 33.5 Å². The van der Waals surface area contributed by atoms with Crippen LogP contribution >= 0.6 is 7.82 Å². The Morgan fingerprint density at radius 1 is 1.14 bits per heavy atom. The molecule has 0 aliphatic heterocycles. The Kier molecular flexibility index (Phi) is 13.0. The van der Waals surface area contributed by atoms with Gasteiger partial charge in [-0.3, -0.25) is 0 Å². The van der Waals surface area contributed by atoms with Crippen LogP contribution in [-0.4, -0.2) is 27.3 Å². The zero-order valence-corrected chi connectivity index (χ0v) is 8.36. The predicted molar refractivity (Wildman–Crippen MR) is 13.4 cm³/mol. The Morgan fingerprint density at radius 2 is 1.14 bits per heavy atom. The van der Waals surface area contributed by atoms with E-state index in [4.69, 9.17) is 19.2 Å². The van der Waals surface area contributed by atoms with Crippen molar-refractivity contribution in [3.8, 4) is 0 Å². The quantitative estimate of drug-likeness (QED) is 0.329. The Labute approximate surface area is 72.9 Å². The van der Waals surface area contributed by atoms with Gasteiger partial charge in [0.1, 0.15) is 0 Å². The monoisotopic (exact) mass is 310 g/mol. The maximum Gasteiger partial charge on any atom is 2.00 e. The van der Waals surface area contributed by atoms with E-state index in [0.29, 0.717) is 0 Å². The van der Waals surface area contributed by atoms with E-state index in [9.17, 15) is 0 Å². The number of rotatable bonds is 0. The molecule has 0 atom stereocenters. The van der Waals surface area contributed by atoms with Crippen LogP contribution in [0.15, 0.2) is 0 Å². The van der Waals surface area contributed by atoms with Gasteiger partial charge in [-0.25, -0.2) is 0 Å². The Balaban J connectivity index is -0.0000000800. The van der Waals surface area contributed by atoms with E-state index in [-0.39, 0.29) is 46.2 Å². The van der Waals surface area contributed by atoms with Gasteiger partial charge in [0.2, 0.25) is 0 Å². The molecule has 0 aliphatic rings. The van der Waals surface area contributed by atoms with Crippen LogP contribution in [0.4, 0.5) is 0 Å². The van der Waals surface area contributed by atoms with Crippen molar-refractivity contribution in [2.75, 3.05) is 0 Å². The maximum absolute atomic E-state index is 8.55. The first-order valence-corrected chi connectivity index (χ1v) is 2.19. The normalized spacial score (nSPS) is 8.43. The molecule has 34 valence electrons. The van der Waals surface area contributed by atoms with Gasteiger partial charge in [0.05, 0.1) is 0 Å². The summed E-state index contributed by atoms with van der Waals surface area (Å²) < 4.78 is 8.55. The summed E-state index contributed by atoms with van der Waals surface area (Å²) in [5, 5.41) is 0. The molecule has 0 saturated carbocycles. The average Bonchev–Trinajstić information content (AvgIpc) is 0.722. The first-order chi connectivity index (χ1) is 2.00. The molecule has 0 saturated heterocycles. The van der Waals surface area contributed by atoms with E-state index in [2.05, 4.69) is 0 Å². The van der Waals surface area contributed by atoms with Gasteiger partial charge in [0, 0.05) is 0 Å². The molecule has 0 amide bonds. The Bertz CT molecular complexity index is 57.8. The van der Waals surface area contributed by atoms with Crippen molar-refractivity contribution in [1.29, 1.82) is 0 Å². The molecular weight excluding hydrogens is 309 g/mol. The molecule has 0 aliphatic carbocycles. The van der Waals surface area contributed by atoms with Gasteiger partial charge < -0.3 is 19.2 Å². The fourth-order valence-corrected chi connectivity index (χ4v) is 0. The molecule has 0 aromatic heterocycles. The third-order valence-corrected chi connectivity index (χ3v) is 0. The summed E-state index contributed by atoms with van der Waals surface area (Å²) >= 11 is 0. The average molecular weight is 309 g/mol. The molecule has 0 N–H and O–H groups in total. The van der Waals surface area contributed by atoms with Crippen LogP contribution in [0.25, 0.3) is 0 Å². The van der Waals surface area contributed by atoms with Crippen molar-refractivity contribution in [3.63, 3.8) is 0 Å². The molecule has 0 heterocycles. The maximum atomic E-state index is 8.55.